The zero-order valence-corrected chi connectivity index (χ0v) is 14.2. The van der Waals surface area contributed by atoms with E-state index in [2.05, 4.69) is 10.6 Å². The van der Waals surface area contributed by atoms with Gasteiger partial charge >= 0.3 is 6.18 Å². The zero-order valence-electron chi connectivity index (χ0n) is 13.4. The first-order valence-corrected chi connectivity index (χ1v) is 8.39. The first-order chi connectivity index (χ1) is 11.7. The molecule has 1 aliphatic carbocycles. The van der Waals surface area contributed by atoms with E-state index in [0.717, 1.165) is 31.7 Å². The lowest BCUT2D eigenvalue weighted by Crippen LogP contribution is -2.38. The minimum Gasteiger partial charge on any atom is -0.381 e. The Kier molecular flexibility index (Phi) is 6.51. The van der Waals surface area contributed by atoms with Crippen LogP contribution in [0.5, 0.6) is 0 Å². The number of nitrogens with two attached hydrogens (primary N) is 1. The van der Waals surface area contributed by atoms with Gasteiger partial charge in [0.2, 0.25) is 0 Å². The summed E-state index contributed by atoms with van der Waals surface area (Å²) in [6, 6.07) is 2.41. The molecule has 0 heterocycles. The van der Waals surface area contributed by atoms with Crippen LogP contribution in [-0.4, -0.2) is 30.7 Å². The molecule has 4 nitrogen and oxygen atoms in total. The van der Waals surface area contributed by atoms with Crippen LogP contribution in [0.2, 0.25) is 5.02 Å². The smallest absolute Gasteiger partial charge is 0.381 e. The minimum atomic E-state index is -4.15. The molecule has 0 spiro atoms. The van der Waals surface area contributed by atoms with Gasteiger partial charge in [-0.15, -0.1) is 0 Å². The Bertz CT molecular complexity index is 616. The van der Waals surface area contributed by atoms with E-state index < -0.39 is 24.3 Å². The van der Waals surface area contributed by atoms with Crippen molar-refractivity contribution >= 4 is 23.2 Å². The highest BCUT2D eigenvalue weighted by Gasteiger charge is 2.28. The van der Waals surface area contributed by atoms with Gasteiger partial charge in [0.1, 0.15) is 5.82 Å². The Labute approximate surface area is 148 Å². The van der Waals surface area contributed by atoms with Gasteiger partial charge in [0.25, 0.3) is 5.91 Å². The Hall–Kier alpha value is -1.54. The van der Waals surface area contributed by atoms with E-state index in [0.29, 0.717) is 5.69 Å². The molecule has 140 valence electrons. The molecule has 0 unspecified atom stereocenters. The minimum absolute atomic E-state index is 0.0389. The van der Waals surface area contributed by atoms with E-state index >= 15 is 0 Å². The molecule has 1 aromatic carbocycles. The van der Waals surface area contributed by atoms with Crippen molar-refractivity contribution in [1.29, 1.82) is 0 Å². The SMILES string of the molecule is NC(=O)c1cc(Cl)c(N[C@H]2CC[C@H](NCCC(F)(F)F)CC2)cc1F. The number of hydrogen-bond donors (Lipinski definition) is 3. The number of alkyl halides is 3. The van der Waals surface area contributed by atoms with Crippen LogP contribution in [0.15, 0.2) is 12.1 Å². The van der Waals surface area contributed by atoms with Crippen LogP contribution in [0.4, 0.5) is 23.2 Å². The van der Waals surface area contributed by atoms with Crippen molar-refractivity contribution in [1.82, 2.24) is 5.32 Å². The van der Waals surface area contributed by atoms with Gasteiger partial charge < -0.3 is 16.4 Å². The molecule has 0 atom stereocenters. The van der Waals surface area contributed by atoms with Crippen LogP contribution in [0.3, 0.4) is 0 Å². The summed E-state index contributed by atoms with van der Waals surface area (Å²) in [5, 5.41) is 6.24. The number of nitrogens with one attached hydrogen (secondary N) is 2. The second-order valence-electron chi connectivity index (χ2n) is 6.19. The fourth-order valence-corrected chi connectivity index (χ4v) is 3.14. The first kappa shape index (κ1) is 19.8. The van der Waals surface area contributed by atoms with Gasteiger partial charge in [0.15, 0.2) is 0 Å². The third-order valence-corrected chi connectivity index (χ3v) is 4.56. The topological polar surface area (TPSA) is 67.2 Å². The van der Waals surface area contributed by atoms with Crippen molar-refractivity contribution in [3.05, 3.63) is 28.5 Å². The van der Waals surface area contributed by atoms with E-state index in [1.54, 1.807) is 0 Å². The zero-order chi connectivity index (χ0) is 18.6. The molecule has 2 rings (SSSR count). The molecular weight excluding hydrogens is 362 g/mol. The summed E-state index contributed by atoms with van der Waals surface area (Å²) in [5.74, 6) is -1.64. The monoisotopic (exact) mass is 381 g/mol. The third kappa shape index (κ3) is 6.04. The van der Waals surface area contributed by atoms with Crippen molar-refractivity contribution in [2.75, 3.05) is 11.9 Å². The summed E-state index contributed by atoms with van der Waals surface area (Å²) < 4.78 is 50.3. The third-order valence-electron chi connectivity index (χ3n) is 4.25. The van der Waals surface area contributed by atoms with Crippen LogP contribution >= 0.6 is 11.6 Å². The Morgan fingerprint density at radius 3 is 2.36 bits per heavy atom. The average Bonchev–Trinajstić information content (AvgIpc) is 2.50. The number of benzene rings is 1. The molecule has 1 amide bonds. The fraction of sp³-hybridized carbons (Fsp3) is 0.562. The highest BCUT2D eigenvalue weighted by atomic mass is 35.5. The van der Waals surface area contributed by atoms with Crippen molar-refractivity contribution < 1.29 is 22.4 Å². The number of amides is 1. The summed E-state index contributed by atoms with van der Waals surface area (Å²) in [4.78, 5) is 11.1. The van der Waals surface area contributed by atoms with Crippen LogP contribution < -0.4 is 16.4 Å². The van der Waals surface area contributed by atoms with E-state index in [4.69, 9.17) is 17.3 Å². The highest BCUT2D eigenvalue weighted by molar-refractivity contribution is 6.33. The van der Waals surface area contributed by atoms with Gasteiger partial charge in [0.05, 0.1) is 22.7 Å². The maximum Gasteiger partial charge on any atom is 0.390 e. The first-order valence-electron chi connectivity index (χ1n) is 8.01. The van der Waals surface area contributed by atoms with Crippen molar-refractivity contribution in [2.45, 2.75) is 50.4 Å². The van der Waals surface area contributed by atoms with Crippen molar-refractivity contribution in [3.8, 4) is 0 Å². The summed E-state index contributed by atoms with van der Waals surface area (Å²) in [6.45, 7) is -0.0854. The molecule has 9 heteroatoms. The number of anilines is 1. The molecule has 1 aliphatic rings. The molecule has 1 aromatic rings. The molecule has 0 aromatic heterocycles. The maximum atomic E-state index is 13.8. The molecule has 0 bridgehead atoms. The molecule has 0 radical (unpaired) electrons. The van der Waals surface area contributed by atoms with E-state index in [1.165, 1.54) is 6.07 Å². The average molecular weight is 382 g/mol. The standard InChI is InChI=1S/C16H20ClF4N3O/c17-12-7-11(15(22)25)13(18)8-14(12)24-10-3-1-9(2-4-10)23-6-5-16(19,20)21/h7-10,23-24H,1-6H2,(H2,22,25)/t9-,10-. The van der Waals surface area contributed by atoms with Gasteiger partial charge in [-0.3, -0.25) is 4.79 Å². The molecule has 4 N–H and O–H groups in total. The molecular formula is C16H20ClF4N3O. The van der Waals surface area contributed by atoms with Gasteiger partial charge in [0, 0.05) is 18.6 Å². The lowest BCUT2D eigenvalue weighted by atomic mass is 9.91. The lowest BCUT2D eigenvalue weighted by molar-refractivity contribution is -0.133. The predicted molar refractivity (Wildman–Crippen MR) is 88.3 cm³/mol. The van der Waals surface area contributed by atoms with Gasteiger partial charge in [-0.2, -0.15) is 13.2 Å². The van der Waals surface area contributed by atoms with Crippen LogP contribution in [0.1, 0.15) is 42.5 Å². The van der Waals surface area contributed by atoms with Gasteiger partial charge in [-0.25, -0.2) is 4.39 Å². The second kappa shape index (κ2) is 8.23. The number of rotatable bonds is 6. The van der Waals surface area contributed by atoms with Gasteiger partial charge in [-0.05, 0) is 37.8 Å². The van der Waals surface area contributed by atoms with Crippen LogP contribution in [0.25, 0.3) is 0 Å². The molecule has 0 saturated heterocycles. The van der Waals surface area contributed by atoms with Crippen molar-refractivity contribution in [3.63, 3.8) is 0 Å². The summed E-state index contributed by atoms with van der Waals surface area (Å²) in [5.41, 5.74) is 5.17. The van der Waals surface area contributed by atoms with Gasteiger partial charge in [-0.1, -0.05) is 11.6 Å². The molecule has 1 fully saturated rings. The number of halogens is 5. The highest BCUT2D eigenvalue weighted by Crippen LogP contribution is 2.29. The Morgan fingerprint density at radius 2 is 1.80 bits per heavy atom. The predicted octanol–water partition coefficient (Wildman–Crippen LogP) is 3.84. The number of hydrogen-bond acceptors (Lipinski definition) is 3. The maximum absolute atomic E-state index is 13.8. The Morgan fingerprint density at radius 1 is 1.20 bits per heavy atom. The number of primary amides is 1. The van der Waals surface area contributed by atoms with Crippen LogP contribution in [-0.2, 0) is 0 Å². The normalized spacial score (nSPS) is 21.2. The molecule has 0 aliphatic heterocycles. The van der Waals surface area contributed by atoms with E-state index in [-0.39, 0.29) is 29.2 Å². The largest absolute Gasteiger partial charge is 0.390 e. The van der Waals surface area contributed by atoms with Crippen molar-refractivity contribution in [2.24, 2.45) is 5.73 Å². The number of carbonyl (C=O) groups is 1. The number of carbonyl (C=O) groups excluding carboxylic acids is 1. The summed E-state index contributed by atoms with van der Waals surface area (Å²) in [6.07, 6.45) is -2.11. The quantitative estimate of drug-likeness (QED) is 0.656. The Balaban J connectivity index is 1.84. The fourth-order valence-electron chi connectivity index (χ4n) is 2.93. The molecule has 25 heavy (non-hydrogen) atoms. The summed E-state index contributed by atoms with van der Waals surface area (Å²) >= 11 is 6.05. The second-order valence-corrected chi connectivity index (χ2v) is 6.60. The van der Waals surface area contributed by atoms with Crippen LogP contribution in [0, 0.1) is 5.82 Å². The lowest BCUT2D eigenvalue weighted by Gasteiger charge is -2.30. The molecule has 1 saturated carbocycles. The summed E-state index contributed by atoms with van der Waals surface area (Å²) in [7, 11) is 0. The van der Waals surface area contributed by atoms with E-state index in [9.17, 15) is 22.4 Å². The van der Waals surface area contributed by atoms with E-state index in [1.807, 2.05) is 0 Å².